The van der Waals surface area contributed by atoms with E-state index in [1.54, 1.807) is 13.8 Å². The number of hydrogen-bond donors (Lipinski definition) is 1. The summed E-state index contributed by atoms with van der Waals surface area (Å²) in [6.45, 7) is 3.55. The van der Waals surface area contributed by atoms with Crippen LogP contribution in [0.3, 0.4) is 0 Å². The zero-order chi connectivity index (χ0) is 12.8. The van der Waals surface area contributed by atoms with E-state index in [1.165, 1.54) is 12.3 Å². The maximum Gasteiger partial charge on any atom is 0.416 e. The summed E-state index contributed by atoms with van der Waals surface area (Å²) in [5.74, 6) is 0. The van der Waals surface area contributed by atoms with Crippen LogP contribution < -0.4 is 5.73 Å². The van der Waals surface area contributed by atoms with E-state index in [2.05, 4.69) is 0 Å². The highest BCUT2D eigenvalue weighted by Crippen LogP contribution is 2.34. The van der Waals surface area contributed by atoms with Gasteiger partial charge in [0.2, 0.25) is 0 Å². The van der Waals surface area contributed by atoms with Crippen molar-refractivity contribution in [3.63, 3.8) is 0 Å². The van der Waals surface area contributed by atoms with Crippen LogP contribution in [0, 0.1) is 0 Å². The number of hydrogen-bond acceptors (Lipinski definition) is 2. The molecule has 0 unspecified atom stereocenters. The van der Waals surface area contributed by atoms with Crippen molar-refractivity contribution in [2.75, 3.05) is 0 Å². The lowest BCUT2D eigenvalue weighted by Crippen LogP contribution is -2.28. The highest BCUT2D eigenvalue weighted by molar-refractivity contribution is 5.82. The van der Waals surface area contributed by atoms with Crippen molar-refractivity contribution in [1.29, 1.82) is 0 Å². The molecule has 0 amide bonds. The van der Waals surface area contributed by atoms with Gasteiger partial charge in [-0.2, -0.15) is 13.2 Å². The van der Waals surface area contributed by atoms with Crippen LogP contribution in [0.5, 0.6) is 0 Å². The molecule has 5 heteroatoms. The van der Waals surface area contributed by atoms with Crippen LogP contribution in [-0.4, -0.2) is 0 Å². The second-order valence-electron chi connectivity index (χ2n) is 4.58. The molecule has 0 fully saturated rings. The van der Waals surface area contributed by atoms with Crippen molar-refractivity contribution in [3.05, 3.63) is 35.6 Å². The van der Waals surface area contributed by atoms with E-state index >= 15 is 0 Å². The molecule has 92 valence electrons. The summed E-state index contributed by atoms with van der Waals surface area (Å²) in [6.07, 6.45) is -2.95. The predicted octanol–water partition coefficient (Wildman–Crippen LogP) is 3.65. The van der Waals surface area contributed by atoms with Gasteiger partial charge < -0.3 is 10.2 Å². The average molecular weight is 243 g/mol. The average Bonchev–Trinajstić information content (AvgIpc) is 2.57. The van der Waals surface area contributed by atoms with E-state index in [1.807, 2.05) is 0 Å². The molecule has 0 saturated carbocycles. The van der Waals surface area contributed by atoms with Gasteiger partial charge in [-0.15, -0.1) is 0 Å². The smallest absolute Gasteiger partial charge is 0.416 e. The van der Waals surface area contributed by atoms with E-state index < -0.39 is 17.3 Å². The topological polar surface area (TPSA) is 39.2 Å². The summed E-state index contributed by atoms with van der Waals surface area (Å²) in [5.41, 5.74) is 5.44. The number of nitrogens with two attached hydrogens (primary N) is 1. The second kappa shape index (κ2) is 3.50. The molecule has 17 heavy (non-hydrogen) atoms. The molecule has 0 saturated heterocycles. The molecule has 0 bridgehead atoms. The van der Waals surface area contributed by atoms with Crippen molar-refractivity contribution < 1.29 is 17.6 Å². The van der Waals surface area contributed by atoms with Crippen LogP contribution in [0.1, 0.15) is 25.0 Å². The Balaban J connectivity index is 2.61. The minimum atomic E-state index is -4.36. The van der Waals surface area contributed by atoms with E-state index in [9.17, 15) is 13.2 Å². The Bertz CT molecular complexity index is 549. The summed E-state index contributed by atoms with van der Waals surface area (Å²) < 4.78 is 42.6. The van der Waals surface area contributed by atoms with E-state index in [4.69, 9.17) is 10.2 Å². The quantitative estimate of drug-likeness (QED) is 0.830. The Kier molecular flexibility index (Phi) is 2.47. The van der Waals surface area contributed by atoms with Crippen LogP contribution in [0.4, 0.5) is 13.2 Å². The number of fused-ring (bicyclic) bond motifs is 1. The minimum absolute atomic E-state index is 0.202. The van der Waals surface area contributed by atoms with Gasteiger partial charge in [-0.05, 0) is 26.0 Å². The highest BCUT2D eigenvalue weighted by Gasteiger charge is 2.31. The third-order valence-electron chi connectivity index (χ3n) is 2.60. The first-order chi connectivity index (χ1) is 7.69. The fourth-order valence-electron chi connectivity index (χ4n) is 1.70. The summed E-state index contributed by atoms with van der Waals surface area (Å²) in [7, 11) is 0. The molecule has 1 aromatic carbocycles. The van der Waals surface area contributed by atoms with Gasteiger partial charge in [-0.25, -0.2) is 0 Å². The molecular weight excluding hydrogens is 231 g/mol. The van der Waals surface area contributed by atoms with Crippen LogP contribution in [-0.2, 0) is 11.7 Å². The predicted molar refractivity (Wildman–Crippen MR) is 58.4 cm³/mol. The fourth-order valence-corrected chi connectivity index (χ4v) is 1.70. The van der Waals surface area contributed by atoms with Crippen LogP contribution in [0.2, 0.25) is 0 Å². The zero-order valence-electron chi connectivity index (χ0n) is 9.43. The zero-order valence-corrected chi connectivity index (χ0v) is 9.43. The van der Waals surface area contributed by atoms with E-state index in [0.717, 1.165) is 12.1 Å². The summed E-state index contributed by atoms with van der Waals surface area (Å²) >= 11 is 0. The molecule has 0 aliphatic carbocycles. The normalized spacial score (nSPS) is 13.3. The van der Waals surface area contributed by atoms with Crippen LogP contribution in [0.15, 0.2) is 28.9 Å². The van der Waals surface area contributed by atoms with Gasteiger partial charge in [-0.1, -0.05) is 6.07 Å². The first-order valence-corrected chi connectivity index (χ1v) is 5.07. The van der Waals surface area contributed by atoms with Gasteiger partial charge in [0.15, 0.2) is 0 Å². The Morgan fingerprint density at radius 2 is 1.82 bits per heavy atom. The van der Waals surface area contributed by atoms with Crippen molar-refractivity contribution in [2.24, 2.45) is 5.73 Å². The lowest BCUT2D eigenvalue weighted by Gasteiger charge is -2.16. The Morgan fingerprint density at radius 1 is 1.18 bits per heavy atom. The molecule has 0 radical (unpaired) electrons. The monoisotopic (exact) mass is 243 g/mol. The first-order valence-electron chi connectivity index (χ1n) is 5.07. The Hall–Kier alpha value is -1.49. The largest absolute Gasteiger partial charge is 0.464 e. The van der Waals surface area contributed by atoms with Crippen molar-refractivity contribution in [2.45, 2.75) is 25.6 Å². The molecule has 2 N–H and O–H groups in total. The van der Waals surface area contributed by atoms with Crippen LogP contribution >= 0.6 is 0 Å². The summed E-state index contributed by atoms with van der Waals surface area (Å²) in [4.78, 5) is 0. The molecule has 0 spiro atoms. The van der Waals surface area contributed by atoms with Gasteiger partial charge in [0.1, 0.15) is 5.58 Å². The summed E-state index contributed by atoms with van der Waals surface area (Å²) in [6, 6.07) is 3.42. The van der Waals surface area contributed by atoms with E-state index in [-0.39, 0.29) is 5.58 Å². The molecule has 1 aromatic heterocycles. The van der Waals surface area contributed by atoms with Crippen molar-refractivity contribution in [3.8, 4) is 0 Å². The SMILES string of the molecule is CC(C)(N)c1coc2cc(C(F)(F)F)ccc12. The maximum atomic E-state index is 12.5. The molecule has 2 nitrogen and oxygen atoms in total. The highest BCUT2D eigenvalue weighted by atomic mass is 19.4. The van der Waals surface area contributed by atoms with Gasteiger partial charge in [-0.3, -0.25) is 0 Å². The second-order valence-corrected chi connectivity index (χ2v) is 4.58. The third-order valence-corrected chi connectivity index (χ3v) is 2.60. The van der Waals surface area contributed by atoms with Crippen LogP contribution in [0.25, 0.3) is 11.0 Å². The molecule has 2 rings (SSSR count). The molecular formula is C12H12F3NO. The molecule has 0 atom stereocenters. The van der Waals surface area contributed by atoms with Gasteiger partial charge in [0.05, 0.1) is 11.8 Å². The van der Waals surface area contributed by atoms with Gasteiger partial charge in [0.25, 0.3) is 0 Å². The Labute approximate surface area is 96.2 Å². The Morgan fingerprint density at radius 3 is 2.35 bits per heavy atom. The molecule has 1 heterocycles. The summed E-state index contributed by atoms with van der Waals surface area (Å²) in [5, 5.41) is 0.616. The number of halogens is 3. The number of rotatable bonds is 1. The number of alkyl halides is 3. The maximum absolute atomic E-state index is 12.5. The number of benzene rings is 1. The van der Waals surface area contributed by atoms with E-state index in [0.29, 0.717) is 10.9 Å². The third kappa shape index (κ3) is 2.15. The van der Waals surface area contributed by atoms with Gasteiger partial charge in [0, 0.05) is 16.5 Å². The standard InChI is InChI=1S/C12H12F3NO/c1-11(2,16)9-6-17-10-5-7(12(13,14)15)3-4-8(9)10/h3-6H,16H2,1-2H3. The molecule has 2 aromatic rings. The van der Waals surface area contributed by atoms with Crippen molar-refractivity contribution in [1.82, 2.24) is 0 Å². The molecule has 0 aliphatic heterocycles. The molecule has 0 aliphatic rings. The lowest BCUT2D eigenvalue weighted by molar-refractivity contribution is -0.137. The lowest BCUT2D eigenvalue weighted by atomic mass is 9.95. The fraction of sp³-hybridized carbons (Fsp3) is 0.333. The first kappa shape index (κ1) is 12.0. The van der Waals surface area contributed by atoms with Crippen molar-refractivity contribution >= 4 is 11.0 Å². The van der Waals surface area contributed by atoms with Gasteiger partial charge >= 0.3 is 6.18 Å². The minimum Gasteiger partial charge on any atom is -0.464 e. The number of furan rings is 1.